The summed E-state index contributed by atoms with van der Waals surface area (Å²) in [6.07, 6.45) is 0.334. The van der Waals surface area contributed by atoms with Gasteiger partial charge in [0, 0.05) is 19.1 Å². The molecule has 0 aliphatic heterocycles. The van der Waals surface area contributed by atoms with Gasteiger partial charge in [0.05, 0.1) is 18.1 Å². The monoisotopic (exact) mass is 298 g/mol. The number of carbonyl (C=O) groups excluding carboxylic acids is 1. The first-order chi connectivity index (χ1) is 9.52. The van der Waals surface area contributed by atoms with Gasteiger partial charge in [0.25, 0.3) is 0 Å². The van der Waals surface area contributed by atoms with E-state index in [-0.39, 0.29) is 5.91 Å². The Bertz CT molecular complexity index is 436. The summed E-state index contributed by atoms with van der Waals surface area (Å²) in [5.41, 5.74) is 1.11. The molecular formula is C15H23ClN2O2. The Kier molecular flexibility index (Phi) is 7.41. The molecule has 0 saturated carbocycles. The number of hydrogen-bond donors (Lipinski definition) is 2. The number of carbonyl (C=O) groups is 1. The lowest BCUT2D eigenvalue weighted by Gasteiger charge is -2.11. The van der Waals surface area contributed by atoms with Crippen LogP contribution in [0.3, 0.4) is 0 Å². The highest BCUT2D eigenvalue weighted by Gasteiger charge is 2.05. The number of hydrogen-bond acceptors (Lipinski definition) is 3. The average Bonchev–Trinajstić information content (AvgIpc) is 2.39. The first-order valence-electron chi connectivity index (χ1n) is 6.94. The highest BCUT2D eigenvalue weighted by atomic mass is 35.5. The molecule has 0 atom stereocenters. The summed E-state index contributed by atoms with van der Waals surface area (Å²) in [4.78, 5) is 11.3. The van der Waals surface area contributed by atoms with Crippen molar-refractivity contribution in [2.45, 2.75) is 39.8 Å². The van der Waals surface area contributed by atoms with Gasteiger partial charge in [-0.05, 0) is 24.6 Å². The molecule has 0 unspecified atom stereocenters. The Balaban J connectivity index is 2.45. The van der Waals surface area contributed by atoms with E-state index in [2.05, 4.69) is 24.5 Å². The third-order valence-electron chi connectivity index (χ3n) is 2.67. The number of amides is 1. The molecule has 112 valence electrons. The standard InChI is InChI=1S/C15H23ClN2O2/c1-4-17-15(19)7-8-20-14-6-5-12(9-13(14)16)10-18-11(2)3/h5-6,9,11,18H,4,7-8,10H2,1-3H3,(H,17,19). The van der Waals surface area contributed by atoms with Crippen molar-refractivity contribution >= 4 is 17.5 Å². The number of benzene rings is 1. The van der Waals surface area contributed by atoms with E-state index < -0.39 is 0 Å². The van der Waals surface area contributed by atoms with Crippen LogP contribution in [-0.4, -0.2) is 25.1 Å². The molecule has 0 aliphatic carbocycles. The number of nitrogens with one attached hydrogen (secondary N) is 2. The minimum Gasteiger partial charge on any atom is -0.491 e. The molecule has 0 aromatic heterocycles. The van der Waals surface area contributed by atoms with Crippen molar-refractivity contribution in [3.8, 4) is 5.75 Å². The van der Waals surface area contributed by atoms with E-state index in [1.54, 1.807) is 0 Å². The molecule has 1 aromatic rings. The minimum atomic E-state index is -0.0126. The predicted octanol–water partition coefficient (Wildman–Crippen LogP) is 2.74. The number of ether oxygens (including phenoxy) is 1. The largest absolute Gasteiger partial charge is 0.491 e. The number of halogens is 1. The maximum absolute atomic E-state index is 11.3. The van der Waals surface area contributed by atoms with Crippen LogP contribution in [0.5, 0.6) is 5.75 Å². The van der Waals surface area contributed by atoms with Gasteiger partial charge < -0.3 is 15.4 Å². The highest BCUT2D eigenvalue weighted by Crippen LogP contribution is 2.25. The summed E-state index contributed by atoms with van der Waals surface area (Å²) < 4.78 is 5.52. The first-order valence-corrected chi connectivity index (χ1v) is 7.32. The van der Waals surface area contributed by atoms with Crippen molar-refractivity contribution in [2.24, 2.45) is 0 Å². The predicted molar refractivity (Wildman–Crippen MR) is 82.2 cm³/mol. The molecule has 0 aliphatic rings. The Morgan fingerprint density at radius 2 is 2.15 bits per heavy atom. The smallest absolute Gasteiger partial charge is 0.223 e. The van der Waals surface area contributed by atoms with E-state index in [9.17, 15) is 4.79 Å². The van der Waals surface area contributed by atoms with Gasteiger partial charge in [-0.1, -0.05) is 31.5 Å². The molecule has 5 heteroatoms. The zero-order valence-corrected chi connectivity index (χ0v) is 13.1. The van der Waals surface area contributed by atoms with E-state index in [4.69, 9.17) is 16.3 Å². The van der Waals surface area contributed by atoms with Crippen LogP contribution in [0.1, 0.15) is 32.8 Å². The van der Waals surface area contributed by atoms with E-state index >= 15 is 0 Å². The molecule has 20 heavy (non-hydrogen) atoms. The van der Waals surface area contributed by atoms with Crippen LogP contribution in [0.15, 0.2) is 18.2 Å². The van der Waals surface area contributed by atoms with Crippen molar-refractivity contribution in [1.82, 2.24) is 10.6 Å². The minimum absolute atomic E-state index is 0.0126. The molecule has 0 saturated heterocycles. The molecule has 0 spiro atoms. The topological polar surface area (TPSA) is 50.4 Å². The molecule has 0 heterocycles. The zero-order chi connectivity index (χ0) is 15.0. The van der Waals surface area contributed by atoms with Crippen LogP contribution >= 0.6 is 11.6 Å². The lowest BCUT2D eigenvalue weighted by molar-refractivity contribution is -0.121. The van der Waals surface area contributed by atoms with Crippen molar-refractivity contribution in [3.05, 3.63) is 28.8 Å². The summed E-state index contributed by atoms with van der Waals surface area (Å²) in [6, 6.07) is 6.14. The zero-order valence-electron chi connectivity index (χ0n) is 12.3. The quantitative estimate of drug-likeness (QED) is 0.776. The molecular weight excluding hydrogens is 276 g/mol. The second-order valence-corrected chi connectivity index (χ2v) is 5.26. The van der Waals surface area contributed by atoms with Crippen LogP contribution in [0.25, 0.3) is 0 Å². The van der Waals surface area contributed by atoms with Crippen LogP contribution in [0.2, 0.25) is 5.02 Å². The lowest BCUT2D eigenvalue weighted by Crippen LogP contribution is -2.24. The van der Waals surface area contributed by atoms with E-state index in [0.717, 1.165) is 12.1 Å². The van der Waals surface area contributed by atoms with Crippen molar-refractivity contribution in [3.63, 3.8) is 0 Å². The van der Waals surface area contributed by atoms with E-state index in [1.807, 2.05) is 25.1 Å². The maximum atomic E-state index is 11.3. The van der Waals surface area contributed by atoms with Gasteiger partial charge >= 0.3 is 0 Å². The molecule has 4 nitrogen and oxygen atoms in total. The third kappa shape index (κ3) is 6.26. The Morgan fingerprint density at radius 3 is 2.75 bits per heavy atom. The van der Waals surface area contributed by atoms with E-state index in [0.29, 0.717) is 36.4 Å². The van der Waals surface area contributed by atoms with Gasteiger partial charge in [0.1, 0.15) is 5.75 Å². The van der Waals surface area contributed by atoms with Gasteiger partial charge in [-0.3, -0.25) is 4.79 Å². The van der Waals surface area contributed by atoms with Gasteiger partial charge in [0.15, 0.2) is 0 Å². The Morgan fingerprint density at radius 1 is 1.40 bits per heavy atom. The Labute approximate surface area is 125 Å². The second-order valence-electron chi connectivity index (χ2n) is 4.85. The van der Waals surface area contributed by atoms with E-state index in [1.165, 1.54) is 0 Å². The summed E-state index contributed by atoms with van der Waals surface area (Å²) in [6.45, 7) is 7.82. The summed E-state index contributed by atoms with van der Waals surface area (Å²) in [5.74, 6) is 0.602. The summed E-state index contributed by atoms with van der Waals surface area (Å²) >= 11 is 6.17. The van der Waals surface area contributed by atoms with Gasteiger partial charge in [-0.2, -0.15) is 0 Å². The van der Waals surface area contributed by atoms with Crippen molar-refractivity contribution in [2.75, 3.05) is 13.2 Å². The normalized spacial score (nSPS) is 10.7. The fourth-order valence-corrected chi connectivity index (χ4v) is 1.89. The average molecular weight is 299 g/mol. The fourth-order valence-electron chi connectivity index (χ4n) is 1.63. The van der Waals surface area contributed by atoms with Crippen LogP contribution < -0.4 is 15.4 Å². The molecule has 0 radical (unpaired) electrons. The van der Waals surface area contributed by atoms with Crippen molar-refractivity contribution < 1.29 is 9.53 Å². The van der Waals surface area contributed by atoms with Gasteiger partial charge in [-0.15, -0.1) is 0 Å². The second kappa shape index (κ2) is 8.82. The van der Waals surface area contributed by atoms with Gasteiger partial charge in [0.2, 0.25) is 5.91 Å². The summed E-state index contributed by atoms with van der Waals surface area (Å²) in [7, 11) is 0. The molecule has 1 amide bonds. The number of rotatable bonds is 8. The maximum Gasteiger partial charge on any atom is 0.223 e. The molecule has 1 aromatic carbocycles. The SMILES string of the molecule is CCNC(=O)CCOc1ccc(CNC(C)C)cc1Cl. The Hall–Kier alpha value is -1.26. The van der Waals surface area contributed by atoms with Crippen LogP contribution in [0, 0.1) is 0 Å². The fraction of sp³-hybridized carbons (Fsp3) is 0.533. The van der Waals surface area contributed by atoms with Crippen molar-refractivity contribution in [1.29, 1.82) is 0 Å². The highest BCUT2D eigenvalue weighted by molar-refractivity contribution is 6.32. The van der Waals surface area contributed by atoms with Crippen LogP contribution in [0.4, 0.5) is 0 Å². The third-order valence-corrected chi connectivity index (χ3v) is 2.97. The lowest BCUT2D eigenvalue weighted by atomic mass is 10.2. The molecule has 0 fully saturated rings. The molecule has 1 rings (SSSR count). The molecule has 2 N–H and O–H groups in total. The van der Waals surface area contributed by atoms with Gasteiger partial charge in [-0.25, -0.2) is 0 Å². The van der Waals surface area contributed by atoms with Crippen LogP contribution in [-0.2, 0) is 11.3 Å². The molecule has 0 bridgehead atoms. The summed E-state index contributed by atoms with van der Waals surface area (Å²) in [5, 5.41) is 6.62. The first kappa shape index (κ1) is 16.8.